The van der Waals surface area contributed by atoms with Gasteiger partial charge in [-0.3, -0.25) is 0 Å². The summed E-state index contributed by atoms with van der Waals surface area (Å²) >= 11 is 0. The van der Waals surface area contributed by atoms with Crippen LogP contribution in [0.3, 0.4) is 0 Å². The van der Waals surface area contributed by atoms with Gasteiger partial charge < -0.3 is 5.32 Å². The Morgan fingerprint density at radius 2 is 2.27 bits per heavy atom. The number of rotatable bonds is 3. The van der Waals surface area contributed by atoms with Crippen molar-refractivity contribution in [2.75, 3.05) is 11.9 Å². The number of nitrogens with zero attached hydrogens (tertiary/aromatic N) is 3. The highest BCUT2D eigenvalue weighted by Crippen LogP contribution is 2.14. The average molecular weight is 204 g/mol. The van der Waals surface area contributed by atoms with Crippen LogP contribution in [-0.2, 0) is 0 Å². The second kappa shape index (κ2) is 3.88. The number of hydrogen-bond donors (Lipinski definition) is 1. The van der Waals surface area contributed by atoms with Crippen LogP contribution in [0.2, 0.25) is 0 Å². The highest BCUT2D eigenvalue weighted by atomic mass is 15.2. The van der Waals surface area contributed by atoms with Gasteiger partial charge in [-0.1, -0.05) is 13.8 Å². The van der Waals surface area contributed by atoms with E-state index in [1.54, 1.807) is 6.20 Å². The topological polar surface area (TPSA) is 42.2 Å². The lowest BCUT2D eigenvalue weighted by atomic mass is 10.2. The summed E-state index contributed by atoms with van der Waals surface area (Å²) in [5.74, 6) is 1.52. The Balaban J connectivity index is 2.33. The molecule has 0 amide bonds. The second-order valence-corrected chi connectivity index (χ2v) is 4.17. The maximum atomic E-state index is 4.34. The van der Waals surface area contributed by atoms with Crippen LogP contribution in [0.5, 0.6) is 0 Å². The third-order valence-corrected chi connectivity index (χ3v) is 2.19. The Labute approximate surface area is 89.3 Å². The van der Waals surface area contributed by atoms with Crippen LogP contribution < -0.4 is 5.32 Å². The standard InChI is InChI=1S/C11H16N4/c1-8(2)7-13-11-10-6-9(3)14-15(10)5-4-12-11/h4-6,8H,7H2,1-3H3,(H,12,13). The normalized spacial score (nSPS) is 11.2. The summed E-state index contributed by atoms with van der Waals surface area (Å²) in [4.78, 5) is 4.32. The highest BCUT2D eigenvalue weighted by Gasteiger charge is 2.04. The molecule has 0 aliphatic rings. The Morgan fingerprint density at radius 1 is 1.47 bits per heavy atom. The van der Waals surface area contributed by atoms with Crippen molar-refractivity contribution in [1.82, 2.24) is 14.6 Å². The monoisotopic (exact) mass is 204 g/mol. The van der Waals surface area contributed by atoms with E-state index in [1.165, 1.54) is 0 Å². The number of hydrogen-bond acceptors (Lipinski definition) is 3. The van der Waals surface area contributed by atoms with Gasteiger partial charge in [0.05, 0.1) is 5.69 Å². The molecule has 15 heavy (non-hydrogen) atoms. The molecule has 4 nitrogen and oxygen atoms in total. The number of anilines is 1. The third kappa shape index (κ3) is 2.09. The lowest BCUT2D eigenvalue weighted by molar-refractivity contribution is 0.687. The van der Waals surface area contributed by atoms with Crippen molar-refractivity contribution in [2.24, 2.45) is 5.92 Å². The molecule has 80 valence electrons. The first-order chi connectivity index (χ1) is 7.16. The molecule has 4 heteroatoms. The van der Waals surface area contributed by atoms with Crippen LogP contribution in [0.25, 0.3) is 5.52 Å². The van der Waals surface area contributed by atoms with Gasteiger partial charge in [-0.05, 0) is 18.9 Å². The lowest BCUT2D eigenvalue weighted by Crippen LogP contribution is -2.10. The van der Waals surface area contributed by atoms with Gasteiger partial charge >= 0.3 is 0 Å². The zero-order chi connectivity index (χ0) is 10.8. The highest BCUT2D eigenvalue weighted by molar-refractivity contribution is 5.67. The summed E-state index contributed by atoms with van der Waals surface area (Å²) in [5.41, 5.74) is 2.05. The Morgan fingerprint density at radius 3 is 3.00 bits per heavy atom. The summed E-state index contributed by atoms with van der Waals surface area (Å²) in [7, 11) is 0. The fourth-order valence-corrected chi connectivity index (χ4v) is 1.48. The summed E-state index contributed by atoms with van der Waals surface area (Å²) in [6.45, 7) is 7.26. The molecule has 0 aliphatic heterocycles. The van der Waals surface area contributed by atoms with E-state index in [0.717, 1.165) is 23.6 Å². The zero-order valence-electron chi connectivity index (χ0n) is 9.36. The molecule has 0 atom stereocenters. The molecule has 0 radical (unpaired) electrons. The van der Waals surface area contributed by atoms with Crippen molar-refractivity contribution in [2.45, 2.75) is 20.8 Å². The van der Waals surface area contributed by atoms with Gasteiger partial charge in [-0.25, -0.2) is 9.50 Å². The predicted octanol–water partition coefficient (Wildman–Crippen LogP) is 2.11. The molecule has 0 fully saturated rings. The van der Waals surface area contributed by atoms with Crippen LogP contribution in [0, 0.1) is 12.8 Å². The zero-order valence-corrected chi connectivity index (χ0v) is 9.36. The van der Waals surface area contributed by atoms with Crippen molar-refractivity contribution in [3.8, 4) is 0 Å². The van der Waals surface area contributed by atoms with E-state index in [4.69, 9.17) is 0 Å². The molecule has 0 unspecified atom stereocenters. The smallest absolute Gasteiger partial charge is 0.152 e. The Bertz CT molecular complexity index is 459. The number of aromatic nitrogens is 3. The SMILES string of the molecule is Cc1cc2c(NCC(C)C)nccn2n1. The van der Waals surface area contributed by atoms with Gasteiger partial charge in [0.1, 0.15) is 5.52 Å². The van der Waals surface area contributed by atoms with Crippen LogP contribution in [0.4, 0.5) is 5.82 Å². The van der Waals surface area contributed by atoms with E-state index >= 15 is 0 Å². The van der Waals surface area contributed by atoms with Crippen molar-refractivity contribution >= 4 is 11.3 Å². The minimum Gasteiger partial charge on any atom is -0.368 e. The lowest BCUT2D eigenvalue weighted by Gasteiger charge is -2.08. The molecule has 1 N–H and O–H groups in total. The van der Waals surface area contributed by atoms with E-state index in [1.807, 2.05) is 23.7 Å². The van der Waals surface area contributed by atoms with E-state index < -0.39 is 0 Å². The van der Waals surface area contributed by atoms with Gasteiger partial charge in [0.2, 0.25) is 0 Å². The molecule has 2 aromatic heterocycles. The molecule has 0 bridgehead atoms. The van der Waals surface area contributed by atoms with Crippen LogP contribution in [0.15, 0.2) is 18.5 Å². The van der Waals surface area contributed by atoms with E-state index in [-0.39, 0.29) is 0 Å². The van der Waals surface area contributed by atoms with E-state index in [9.17, 15) is 0 Å². The van der Waals surface area contributed by atoms with Gasteiger partial charge in [-0.2, -0.15) is 5.10 Å². The molecule has 0 saturated carbocycles. The summed E-state index contributed by atoms with van der Waals surface area (Å²) in [6.07, 6.45) is 3.63. The van der Waals surface area contributed by atoms with Crippen LogP contribution >= 0.6 is 0 Å². The number of fused-ring (bicyclic) bond motifs is 1. The fraction of sp³-hybridized carbons (Fsp3) is 0.455. The average Bonchev–Trinajstić information content (AvgIpc) is 2.55. The summed E-state index contributed by atoms with van der Waals surface area (Å²) in [6, 6.07) is 2.04. The minimum atomic E-state index is 0.607. The Kier molecular flexibility index (Phi) is 2.58. The van der Waals surface area contributed by atoms with Gasteiger partial charge in [0, 0.05) is 18.9 Å². The first kappa shape index (κ1) is 9.96. The number of aryl methyl sites for hydroxylation is 1. The van der Waals surface area contributed by atoms with Crippen molar-refractivity contribution in [3.63, 3.8) is 0 Å². The Hall–Kier alpha value is -1.58. The van der Waals surface area contributed by atoms with Crippen molar-refractivity contribution < 1.29 is 0 Å². The third-order valence-electron chi connectivity index (χ3n) is 2.19. The molecule has 2 aromatic rings. The van der Waals surface area contributed by atoms with Gasteiger partial charge in [0.25, 0.3) is 0 Å². The second-order valence-electron chi connectivity index (χ2n) is 4.17. The fourth-order valence-electron chi connectivity index (χ4n) is 1.48. The maximum Gasteiger partial charge on any atom is 0.152 e. The summed E-state index contributed by atoms with van der Waals surface area (Å²) < 4.78 is 1.85. The molecule has 0 aromatic carbocycles. The van der Waals surface area contributed by atoms with Crippen LogP contribution in [0.1, 0.15) is 19.5 Å². The number of nitrogens with one attached hydrogen (secondary N) is 1. The maximum absolute atomic E-state index is 4.34. The van der Waals surface area contributed by atoms with Crippen molar-refractivity contribution in [1.29, 1.82) is 0 Å². The molecular formula is C11H16N4. The quantitative estimate of drug-likeness (QED) is 0.832. The van der Waals surface area contributed by atoms with E-state index in [2.05, 4.69) is 29.2 Å². The van der Waals surface area contributed by atoms with Crippen molar-refractivity contribution in [3.05, 3.63) is 24.2 Å². The molecule has 0 spiro atoms. The molecule has 2 rings (SSSR count). The first-order valence-electron chi connectivity index (χ1n) is 5.21. The molecule has 0 aliphatic carbocycles. The predicted molar refractivity (Wildman–Crippen MR) is 61.1 cm³/mol. The first-order valence-corrected chi connectivity index (χ1v) is 5.21. The van der Waals surface area contributed by atoms with Gasteiger partial charge in [-0.15, -0.1) is 0 Å². The molecular weight excluding hydrogens is 188 g/mol. The largest absolute Gasteiger partial charge is 0.368 e. The van der Waals surface area contributed by atoms with Gasteiger partial charge in [0.15, 0.2) is 5.82 Å². The van der Waals surface area contributed by atoms with Crippen LogP contribution in [-0.4, -0.2) is 21.1 Å². The minimum absolute atomic E-state index is 0.607. The molecule has 2 heterocycles. The molecule has 0 saturated heterocycles. The van der Waals surface area contributed by atoms with E-state index in [0.29, 0.717) is 5.92 Å². The summed E-state index contributed by atoms with van der Waals surface area (Å²) in [5, 5.41) is 7.67.